The van der Waals surface area contributed by atoms with Crippen LogP contribution in [0.5, 0.6) is 0 Å². The number of hydrogen-bond donors (Lipinski definition) is 0. The molecule has 0 unspecified atom stereocenters. The van der Waals surface area contributed by atoms with Crippen molar-refractivity contribution in [3.05, 3.63) is 11.6 Å². The van der Waals surface area contributed by atoms with E-state index in [2.05, 4.69) is 0 Å². The van der Waals surface area contributed by atoms with E-state index in [0.29, 0.717) is 18.4 Å². The van der Waals surface area contributed by atoms with Gasteiger partial charge in [0.15, 0.2) is 11.6 Å². The number of methoxy groups -OCH3 is 1. The molecule has 3 saturated carbocycles. The quantitative estimate of drug-likeness (QED) is 0.246. The molecule has 1 heterocycles. The van der Waals surface area contributed by atoms with Gasteiger partial charge in [0, 0.05) is 29.6 Å². The average Bonchev–Trinajstić information content (AvgIpc) is 3.12. The van der Waals surface area contributed by atoms with E-state index in [0.717, 1.165) is 0 Å². The highest BCUT2D eigenvalue weighted by molar-refractivity contribution is 6.25. The molecule has 0 amide bonds. The molecule has 5 aliphatic rings. The summed E-state index contributed by atoms with van der Waals surface area (Å²) in [6.45, 7) is 12.3. The van der Waals surface area contributed by atoms with Crippen LogP contribution < -0.4 is 0 Å². The molecule has 5 rings (SSSR count). The fraction of sp³-hybridized carbons (Fsp3) is 0.750. The third-order valence-electron chi connectivity index (χ3n) is 11.1. The number of allylic oxidation sites excluding steroid dienone is 2. The van der Waals surface area contributed by atoms with Gasteiger partial charge in [0.25, 0.3) is 0 Å². The summed E-state index contributed by atoms with van der Waals surface area (Å²) < 4.78 is 17.1. The highest BCUT2D eigenvalue weighted by Crippen LogP contribution is 2.78. The zero-order valence-corrected chi connectivity index (χ0v) is 22.4. The lowest BCUT2D eigenvalue weighted by Gasteiger charge is -2.66. The Hall–Kier alpha value is -2.51. The summed E-state index contributed by atoms with van der Waals surface area (Å²) in [5.41, 5.74) is -5.23. The van der Waals surface area contributed by atoms with Gasteiger partial charge in [0.2, 0.25) is 0 Å². The lowest BCUT2D eigenvalue weighted by molar-refractivity contribution is -0.216. The first kappa shape index (κ1) is 25.2. The van der Waals surface area contributed by atoms with Crippen LogP contribution in [-0.4, -0.2) is 48.8 Å². The molecular weight excluding hydrogens is 464 g/mol. The van der Waals surface area contributed by atoms with E-state index in [1.54, 1.807) is 20.8 Å². The van der Waals surface area contributed by atoms with Gasteiger partial charge < -0.3 is 14.2 Å². The van der Waals surface area contributed by atoms with Gasteiger partial charge in [-0.25, -0.2) is 0 Å². The van der Waals surface area contributed by atoms with Crippen molar-refractivity contribution >= 4 is 29.5 Å². The second-order valence-electron chi connectivity index (χ2n) is 12.7. The summed E-state index contributed by atoms with van der Waals surface area (Å²) in [4.78, 5) is 67.4. The van der Waals surface area contributed by atoms with Crippen molar-refractivity contribution in [3.8, 4) is 0 Å². The normalized spacial score (nSPS) is 48.3. The molecule has 4 fully saturated rings. The lowest BCUT2D eigenvalue weighted by atomic mass is 9.33. The number of carbonyl (C=O) groups is 5. The van der Waals surface area contributed by atoms with Crippen molar-refractivity contribution in [1.29, 1.82) is 0 Å². The Labute approximate surface area is 211 Å². The van der Waals surface area contributed by atoms with Crippen LogP contribution in [0.15, 0.2) is 11.6 Å². The maximum Gasteiger partial charge on any atom is 0.321 e. The summed E-state index contributed by atoms with van der Waals surface area (Å²) in [7, 11) is 1.25. The predicted octanol–water partition coefficient (Wildman–Crippen LogP) is 3.21. The minimum Gasteiger partial charge on any atom is -0.468 e. The fourth-order valence-corrected chi connectivity index (χ4v) is 9.75. The van der Waals surface area contributed by atoms with Crippen LogP contribution >= 0.6 is 0 Å². The molecule has 196 valence electrons. The maximum absolute atomic E-state index is 14.1. The third-order valence-corrected chi connectivity index (χ3v) is 11.1. The largest absolute Gasteiger partial charge is 0.468 e. The summed E-state index contributed by atoms with van der Waals surface area (Å²) in [6.07, 6.45) is 2.07. The minimum absolute atomic E-state index is 0.228. The number of esters is 3. The van der Waals surface area contributed by atoms with Gasteiger partial charge in [0.1, 0.15) is 17.6 Å². The van der Waals surface area contributed by atoms with Gasteiger partial charge in [0.05, 0.1) is 23.9 Å². The van der Waals surface area contributed by atoms with Crippen molar-refractivity contribution < 1.29 is 38.2 Å². The van der Waals surface area contributed by atoms with Crippen LogP contribution in [0.3, 0.4) is 0 Å². The molecule has 1 saturated heterocycles. The molecule has 2 bridgehead atoms. The van der Waals surface area contributed by atoms with Crippen molar-refractivity contribution in [3.63, 3.8) is 0 Å². The smallest absolute Gasteiger partial charge is 0.321 e. The molecule has 8 nitrogen and oxygen atoms in total. The number of carbonyl (C=O) groups excluding carboxylic acids is 5. The number of Topliss-reactive ketones (excluding diaryl/α,β-unsaturated/α-hetero) is 2. The molecule has 1 aliphatic heterocycles. The van der Waals surface area contributed by atoms with E-state index in [1.165, 1.54) is 14.0 Å². The molecule has 0 spiro atoms. The first-order valence-corrected chi connectivity index (χ1v) is 12.8. The van der Waals surface area contributed by atoms with Crippen molar-refractivity contribution in [2.75, 3.05) is 7.11 Å². The molecule has 8 heteroatoms. The number of fused-ring (bicyclic) bond motifs is 3. The van der Waals surface area contributed by atoms with E-state index in [4.69, 9.17) is 14.2 Å². The molecule has 0 aromatic heterocycles. The summed E-state index contributed by atoms with van der Waals surface area (Å²) in [5, 5.41) is 0. The van der Waals surface area contributed by atoms with E-state index >= 15 is 0 Å². The average molecular weight is 501 g/mol. The molecule has 0 radical (unpaired) electrons. The monoisotopic (exact) mass is 500 g/mol. The van der Waals surface area contributed by atoms with Crippen molar-refractivity contribution in [1.82, 2.24) is 0 Å². The Balaban J connectivity index is 1.79. The van der Waals surface area contributed by atoms with Gasteiger partial charge in [-0.05, 0) is 40.0 Å². The zero-order chi connectivity index (χ0) is 26.8. The molecule has 0 N–H and O–H groups in total. The number of ketones is 2. The van der Waals surface area contributed by atoms with Crippen LogP contribution in [-0.2, 0) is 38.2 Å². The summed E-state index contributed by atoms with van der Waals surface area (Å²) in [6, 6.07) is 0. The predicted molar refractivity (Wildman–Crippen MR) is 126 cm³/mol. The van der Waals surface area contributed by atoms with E-state index in [1.807, 2.05) is 26.8 Å². The summed E-state index contributed by atoms with van der Waals surface area (Å²) in [5.74, 6) is -3.94. The molecule has 0 aromatic rings. The lowest BCUT2D eigenvalue weighted by Crippen LogP contribution is -2.71. The van der Waals surface area contributed by atoms with Crippen LogP contribution in [0.4, 0.5) is 0 Å². The van der Waals surface area contributed by atoms with Crippen LogP contribution in [0.25, 0.3) is 0 Å². The highest BCUT2D eigenvalue weighted by atomic mass is 16.6. The number of ether oxygens (including phenoxy) is 3. The second-order valence-corrected chi connectivity index (χ2v) is 12.7. The van der Waals surface area contributed by atoms with Crippen LogP contribution in [0, 0.1) is 44.8 Å². The second kappa shape index (κ2) is 7.07. The van der Waals surface area contributed by atoms with Gasteiger partial charge in [-0.3, -0.25) is 24.0 Å². The van der Waals surface area contributed by atoms with E-state index in [9.17, 15) is 24.0 Å². The summed E-state index contributed by atoms with van der Waals surface area (Å²) >= 11 is 0. The molecule has 36 heavy (non-hydrogen) atoms. The van der Waals surface area contributed by atoms with E-state index < -0.39 is 62.9 Å². The van der Waals surface area contributed by atoms with E-state index in [-0.39, 0.29) is 30.1 Å². The van der Waals surface area contributed by atoms with Crippen molar-refractivity contribution in [2.45, 2.75) is 79.9 Å². The SMILES string of the molecule is COC(=O)[C@]12C(=O)[C@H](C)C(=O)[C@@]1(C)C(C)=C[C@H]1[C@@]34CC[C@@H](OC(C)=O)C(C)(C)[C@@H]3[C@@H](C[C@]12C)OC4=O. The number of rotatable bonds is 2. The fourth-order valence-electron chi connectivity index (χ4n) is 9.75. The Morgan fingerprint density at radius 3 is 2.31 bits per heavy atom. The first-order chi connectivity index (χ1) is 16.6. The highest BCUT2D eigenvalue weighted by Gasteiger charge is 2.86. The molecule has 9 atom stereocenters. The van der Waals surface area contributed by atoms with Gasteiger partial charge in [-0.15, -0.1) is 0 Å². The molecule has 0 aromatic carbocycles. The topological polar surface area (TPSA) is 113 Å². The van der Waals surface area contributed by atoms with Crippen LogP contribution in [0.2, 0.25) is 0 Å². The van der Waals surface area contributed by atoms with Gasteiger partial charge in [-0.2, -0.15) is 0 Å². The van der Waals surface area contributed by atoms with Crippen LogP contribution in [0.1, 0.15) is 67.7 Å². The third kappa shape index (κ3) is 2.31. The Bertz CT molecular complexity index is 1150. The maximum atomic E-state index is 14.1. The molecular formula is C28H36O8. The number of hydrogen-bond acceptors (Lipinski definition) is 8. The zero-order valence-electron chi connectivity index (χ0n) is 22.4. The Morgan fingerprint density at radius 2 is 1.72 bits per heavy atom. The van der Waals surface area contributed by atoms with Gasteiger partial charge in [-0.1, -0.05) is 32.4 Å². The van der Waals surface area contributed by atoms with Crippen molar-refractivity contribution in [2.24, 2.45) is 44.8 Å². The minimum atomic E-state index is -1.77. The Morgan fingerprint density at radius 1 is 1.08 bits per heavy atom. The molecule has 4 aliphatic carbocycles. The van der Waals surface area contributed by atoms with Gasteiger partial charge >= 0.3 is 17.9 Å². The standard InChI is InChI=1S/C28H36O8/c1-13-11-17-25(6,28(23(33)34-8)21(31)14(2)20(30)26(13,28)7)12-16-19-24(4,5)18(35-15(3)29)9-10-27(17,19)22(32)36-16/h11,14,16-19H,9-10,12H2,1-8H3/t14-,16-,17-,18-,19+,25-,26-,27+,28+/m1/s1. The Kier molecular flexibility index (Phi) is 4.94. The first-order valence-electron chi connectivity index (χ1n) is 12.8.